The topological polar surface area (TPSA) is 66.5 Å². The molecule has 3 rings (SSSR count). The average molecular weight is 451 g/mol. The summed E-state index contributed by atoms with van der Waals surface area (Å²) < 4.78 is 28.3. The summed E-state index contributed by atoms with van der Waals surface area (Å²) in [5, 5.41) is 2.92. The monoisotopic (exact) mass is 450 g/mol. The number of rotatable bonds is 5. The van der Waals surface area contributed by atoms with Crippen LogP contribution in [-0.4, -0.2) is 31.2 Å². The van der Waals surface area contributed by atoms with Gasteiger partial charge in [0.15, 0.2) is 0 Å². The maximum atomic E-state index is 13.1. The molecular formula is C20H23BrN2O3S. The molecule has 0 bridgehead atoms. The Bertz CT molecular complexity index is 913. The zero-order valence-corrected chi connectivity index (χ0v) is 17.6. The van der Waals surface area contributed by atoms with Gasteiger partial charge in [0.1, 0.15) is 6.04 Å². The predicted molar refractivity (Wildman–Crippen MR) is 109 cm³/mol. The van der Waals surface area contributed by atoms with Crippen molar-refractivity contribution in [2.75, 3.05) is 6.54 Å². The maximum Gasteiger partial charge on any atom is 0.243 e. The number of piperidine rings is 1. The third kappa shape index (κ3) is 4.59. The second-order valence-electron chi connectivity index (χ2n) is 6.73. The molecule has 0 saturated carbocycles. The lowest BCUT2D eigenvalue weighted by Gasteiger charge is -2.33. The van der Waals surface area contributed by atoms with Gasteiger partial charge in [-0.3, -0.25) is 4.79 Å². The van der Waals surface area contributed by atoms with Crippen molar-refractivity contribution in [2.24, 2.45) is 0 Å². The van der Waals surface area contributed by atoms with E-state index in [1.54, 1.807) is 24.3 Å². The summed E-state index contributed by atoms with van der Waals surface area (Å²) in [7, 11) is -3.71. The van der Waals surface area contributed by atoms with Crippen LogP contribution in [0, 0.1) is 6.92 Å². The van der Waals surface area contributed by atoms with Gasteiger partial charge >= 0.3 is 0 Å². The molecule has 0 radical (unpaired) electrons. The van der Waals surface area contributed by atoms with Crippen molar-refractivity contribution < 1.29 is 13.2 Å². The molecule has 7 heteroatoms. The average Bonchev–Trinajstić information content (AvgIpc) is 2.67. The molecule has 0 aromatic heterocycles. The highest BCUT2D eigenvalue weighted by Crippen LogP contribution is 2.26. The van der Waals surface area contributed by atoms with E-state index >= 15 is 0 Å². The molecule has 5 nitrogen and oxygen atoms in total. The van der Waals surface area contributed by atoms with Crippen LogP contribution in [0.15, 0.2) is 57.9 Å². The molecule has 0 spiro atoms. The Kier molecular flexibility index (Phi) is 6.34. The van der Waals surface area contributed by atoms with E-state index in [1.807, 2.05) is 31.2 Å². The highest BCUT2D eigenvalue weighted by atomic mass is 79.9. The number of benzene rings is 2. The standard InChI is InChI=1S/C20H23BrN2O3S/c1-15-6-2-3-7-16(15)14-22-20(24)19-8-4-5-13-23(19)27(25,26)18-11-9-17(21)10-12-18/h2-3,6-7,9-12,19H,4-5,8,13-14H2,1H3,(H,22,24). The van der Waals surface area contributed by atoms with Crippen LogP contribution in [0.1, 0.15) is 30.4 Å². The lowest BCUT2D eigenvalue weighted by atomic mass is 10.0. The summed E-state index contributed by atoms with van der Waals surface area (Å²) in [5.41, 5.74) is 2.13. The van der Waals surface area contributed by atoms with Gasteiger partial charge in [-0.05, 0) is 55.2 Å². The molecule has 1 unspecified atom stereocenters. The minimum Gasteiger partial charge on any atom is -0.351 e. The van der Waals surface area contributed by atoms with Gasteiger partial charge in [-0.2, -0.15) is 4.31 Å². The molecule has 0 aliphatic carbocycles. The summed E-state index contributed by atoms with van der Waals surface area (Å²) in [5.74, 6) is -0.237. The Balaban J connectivity index is 1.77. The Labute approximate surface area is 169 Å². The highest BCUT2D eigenvalue weighted by Gasteiger charge is 2.37. The first kappa shape index (κ1) is 20.0. The summed E-state index contributed by atoms with van der Waals surface area (Å²) in [6.45, 7) is 2.75. The minimum absolute atomic E-state index is 0.212. The van der Waals surface area contributed by atoms with Crippen LogP contribution < -0.4 is 5.32 Å². The number of hydrogen-bond donors (Lipinski definition) is 1. The van der Waals surface area contributed by atoms with Crippen molar-refractivity contribution in [1.29, 1.82) is 0 Å². The SMILES string of the molecule is Cc1ccccc1CNC(=O)C1CCCCN1S(=O)(=O)c1ccc(Br)cc1. The molecule has 1 N–H and O–H groups in total. The normalized spacial score (nSPS) is 18.2. The third-order valence-electron chi connectivity index (χ3n) is 4.89. The predicted octanol–water partition coefficient (Wildman–Crippen LogP) is 3.62. The smallest absolute Gasteiger partial charge is 0.243 e. The van der Waals surface area contributed by atoms with E-state index in [-0.39, 0.29) is 10.8 Å². The summed E-state index contributed by atoms with van der Waals surface area (Å²) in [4.78, 5) is 13.0. The zero-order chi connectivity index (χ0) is 19.4. The molecule has 27 heavy (non-hydrogen) atoms. The molecule has 1 fully saturated rings. The van der Waals surface area contributed by atoms with Gasteiger partial charge in [-0.1, -0.05) is 46.6 Å². The Hall–Kier alpha value is -1.70. The number of aryl methyl sites for hydroxylation is 1. The van der Waals surface area contributed by atoms with Gasteiger partial charge in [0.05, 0.1) is 4.90 Å². The van der Waals surface area contributed by atoms with E-state index in [2.05, 4.69) is 21.2 Å². The second kappa shape index (κ2) is 8.54. The van der Waals surface area contributed by atoms with Crippen LogP contribution in [0.5, 0.6) is 0 Å². The number of carbonyl (C=O) groups excluding carboxylic acids is 1. The molecule has 2 aromatic carbocycles. The van der Waals surface area contributed by atoms with Crippen molar-refractivity contribution in [3.63, 3.8) is 0 Å². The molecule has 144 valence electrons. The molecule has 1 aliphatic heterocycles. The highest BCUT2D eigenvalue weighted by molar-refractivity contribution is 9.10. The van der Waals surface area contributed by atoms with E-state index in [4.69, 9.17) is 0 Å². The summed E-state index contributed by atoms with van der Waals surface area (Å²) in [6, 6.07) is 13.7. The van der Waals surface area contributed by atoms with Crippen LogP contribution in [0.4, 0.5) is 0 Å². The molecule has 1 atom stereocenters. The number of nitrogens with one attached hydrogen (secondary N) is 1. The fourth-order valence-electron chi connectivity index (χ4n) is 3.31. The van der Waals surface area contributed by atoms with Crippen molar-refractivity contribution in [2.45, 2.75) is 43.7 Å². The molecular weight excluding hydrogens is 428 g/mol. The Morgan fingerprint density at radius 3 is 2.56 bits per heavy atom. The first-order chi connectivity index (χ1) is 12.9. The molecule has 2 aromatic rings. The minimum atomic E-state index is -3.71. The summed E-state index contributed by atoms with van der Waals surface area (Å²) in [6.07, 6.45) is 2.14. The Morgan fingerprint density at radius 1 is 1.15 bits per heavy atom. The number of nitrogens with zero attached hydrogens (tertiary/aromatic N) is 1. The van der Waals surface area contributed by atoms with E-state index in [9.17, 15) is 13.2 Å². The van der Waals surface area contributed by atoms with Gasteiger partial charge in [0, 0.05) is 17.6 Å². The van der Waals surface area contributed by atoms with E-state index < -0.39 is 16.1 Å². The zero-order valence-electron chi connectivity index (χ0n) is 15.2. The fourth-order valence-corrected chi connectivity index (χ4v) is 5.23. The maximum absolute atomic E-state index is 13.1. The quantitative estimate of drug-likeness (QED) is 0.756. The first-order valence-electron chi connectivity index (χ1n) is 8.99. The molecule has 1 saturated heterocycles. The molecule has 1 heterocycles. The molecule has 1 aliphatic rings. The lowest BCUT2D eigenvalue weighted by molar-refractivity contribution is -0.125. The lowest BCUT2D eigenvalue weighted by Crippen LogP contribution is -2.51. The van der Waals surface area contributed by atoms with Gasteiger partial charge in [0.25, 0.3) is 0 Å². The van der Waals surface area contributed by atoms with Crippen LogP contribution in [-0.2, 0) is 21.4 Å². The van der Waals surface area contributed by atoms with Gasteiger partial charge in [-0.15, -0.1) is 0 Å². The third-order valence-corrected chi connectivity index (χ3v) is 7.34. The number of carbonyl (C=O) groups is 1. The fraction of sp³-hybridized carbons (Fsp3) is 0.350. The van der Waals surface area contributed by atoms with Crippen LogP contribution >= 0.6 is 15.9 Å². The van der Waals surface area contributed by atoms with Crippen molar-refractivity contribution >= 4 is 31.9 Å². The van der Waals surface area contributed by atoms with Crippen LogP contribution in [0.3, 0.4) is 0 Å². The van der Waals surface area contributed by atoms with Crippen LogP contribution in [0.25, 0.3) is 0 Å². The van der Waals surface area contributed by atoms with Crippen molar-refractivity contribution in [1.82, 2.24) is 9.62 Å². The first-order valence-corrected chi connectivity index (χ1v) is 11.2. The largest absolute Gasteiger partial charge is 0.351 e. The second-order valence-corrected chi connectivity index (χ2v) is 9.53. The van der Waals surface area contributed by atoms with Gasteiger partial charge in [0.2, 0.25) is 15.9 Å². The van der Waals surface area contributed by atoms with E-state index in [1.165, 1.54) is 4.31 Å². The number of amides is 1. The van der Waals surface area contributed by atoms with E-state index in [0.29, 0.717) is 19.5 Å². The van der Waals surface area contributed by atoms with Gasteiger partial charge < -0.3 is 5.32 Å². The van der Waals surface area contributed by atoms with Crippen molar-refractivity contribution in [3.8, 4) is 0 Å². The number of hydrogen-bond acceptors (Lipinski definition) is 3. The van der Waals surface area contributed by atoms with Crippen LogP contribution in [0.2, 0.25) is 0 Å². The summed E-state index contributed by atoms with van der Waals surface area (Å²) >= 11 is 3.32. The van der Waals surface area contributed by atoms with Gasteiger partial charge in [-0.25, -0.2) is 8.42 Å². The number of halogens is 1. The Morgan fingerprint density at radius 2 is 1.85 bits per heavy atom. The van der Waals surface area contributed by atoms with Crippen molar-refractivity contribution in [3.05, 3.63) is 64.1 Å². The number of sulfonamides is 1. The van der Waals surface area contributed by atoms with E-state index in [0.717, 1.165) is 28.4 Å². The molecule has 1 amide bonds.